The number of nitrogens with two attached hydrogens (primary N) is 1. The molecule has 0 heterocycles. The Labute approximate surface area is 68.4 Å². The lowest BCUT2D eigenvalue weighted by Gasteiger charge is -2.25. The van der Waals surface area contributed by atoms with Crippen LogP contribution in [0, 0.1) is 17.2 Å². The highest BCUT2D eigenvalue weighted by molar-refractivity contribution is 4.84. The van der Waals surface area contributed by atoms with E-state index in [1.54, 1.807) is 0 Å². The number of nitrogens with zero attached hydrogens (tertiary/aromatic N) is 1. The Kier molecular flexibility index (Phi) is 3.38. The van der Waals surface area contributed by atoms with Crippen molar-refractivity contribution >= 4 is 0 Å². The molecule has 0 aromatic carbocycles. The molecule has 1 atom stereocenters. The van der Waals surface area contributed by atoms with Gasteiger partial charge in [-0.15, -0.1) is 0 Å². The van der Waals surface area contributed by atoms with Gasteiger partial charge < -0.3 is 5.73 Å². The second-order valence-corrected chi connectivity index (χ2v) is 3.42. The van der Waals surface area contributed by atoms with Gasteiger partial charge in [0.15, 0.2) is 0 Å². The van der Waals surface area contributed by atoms with E-state index >= 15 is 0 Å². The van der Waals surface area contributed by atoms with Crippen LogP contribution in [0.25, 0.3) is 0 Å². The molecule has 11 heavy (non-hydrogen) atoms. The Bertz CT molecular complexity index is 142. The van der Waals surface area contributed by atoms with Crippen molar-refractivity contribution in [3.63, 3.8) is 0 Å². The highest BCUT2D eigenvalue weighted by Gasteiger charge is 2.19. The predicted octanol–water partition coefficient (Wildman–Crippen LogP) is 1.81. The molecule has 0 radical (unpaired) electrons. The lowest BCUT2D eigenvalue weighted by atomic mass is 9.83. The first-order valence-corrected chi connectivity index (χ1v) is 4.47. The van der Waals surface area contributed by atoms with Crippen LogP contribution in [0.2, 0.25) is 0 Å². The van der Waals surface area contributed by atoms with Gasteiger partial charge in [-0.3, -0.25) is 0 Å². The Hall–Kier alpha value is -0.550. The molecule has 0 bridgehead atoms. The van der Waals surface area contributed by atoms with Crippen molar-refractivity contribution in [2.75, 3.05) is 0 Å². The number of hydrogen-bond acceptors (Lipinski definition) is 2. The van der Waals surface area contributed by atoms with Gasteiger partial charge >= 0.3 is 0 Å². The maximum Gasteiger partial charge on any atom is 0.0638 e. The van der Waals surface area contributed by atoms with Gasteiger partial charge in [0.05, 0.1) is 12.5 Å². The van der Waals surface area contributed by atoms with Gasteiger partial charge in [0, 0.05) is 6.04 Å². The first-order valence-electron chi connectivity index (χ1n) is 4.47. The summed E-state index contributed by atoms with van der Waals surface area (Å²) >= 11 is 0. The lowest BCUT2D eigenvalue weighted by molar-refractivity contribution is 0.306. The first kappa shape index (κ1) is 8.55. The highest BCUT2D eigenvalue weighted by Crippen LogP contribution is 2.26. The van der Waals surface area contributed by atoms with Crippen molar-refractivity contribution in [2.24, 2.45) is 11.7 Å². The summed E-state index contributed by atoms with van der Waals surface area (Å²) in [5, 5.41) is 8.44. The highest BCUT2D eigenvalue weighted by atomic mass is 14.6. The normalized spacial score (nSPS) is 22.5. The topological polar surface area (TPSA) is 49.8 Å². The monoisotopic (exact) mass is 152 g/mol. The molecule has 0 saturated heterocycles. The Morgan fingerprint density at radius 1 is 1.36 bits per heavy atom. The van der Waals surface area contributed by atoms with Crippen molar-refractivity contribution in [1.29, 1.82) is 5.26 Å². The van der Waals surface area contributed by atoms with Crippen LogP contribution in [0.4, 0.5) is 0 Å². The van der Waals surface area contributed by atoms with Gasteiger partial charge in [-0.25, -0.2) is 0 Å². The maximum absolute atomic E-state index is 8.44. The standard InChI is InChI=1S/C9H16N2/c10-7-6-9(11)8-4-2-1-3-5-8/h8-9H,1-6,11H2/t9-/m0/s1. The van der Waals surface area contributed by atoms with E-state index in [-0.39, 0.29) is 6.04 Å². The SMILES string of the molecule is N#CC[C@H](N)C1CCCCC1. The Morgan fingerprint density at radius 2 is 2.00 bits per heavy atom. The third-order valence-corrected chi connectivity index (χ3v) is 2.58. The van der Waals surface area contributed by atoms with Gasteiger partial charge in [0.25, 0.3) is 0 Å². The molecular formula is C9H16N2. The summed E-state index contributed by atoms with van der Waals surface area (Å²) in [6.45, 7) is 0. The van der Waals surface area contributed by atoms with E-state index in [0.29, 0.717) is 12.3 Å². The average molecular weight is 152 g/mol. The zero-order chi connectivity index (χ0) is 8.10. The fraction of sp³-hybridized carbons (Fsp3) is 0.889. The van der Waals surface area contributed by atoms with Crippen LogP contribution in [-0.2, 0) is 0 Å². The predicted molar refractivity (Wildman–Crippen MR) is 44.8 cm³/mol. The molecule has 0 aromatic rings. The van der Waals surface area contributed by atoms with Crippen LogP contribution in [-0.4, -0.2) is 6.04 Å². The number of rotatable bonds is 2. The molecule has 0 unspecified atom stereocenters. The van der Waals surface area contributed by atoms with Crippen molar-refractivity contribution in [3.05, 3.63) is 0 Å². The van der Waals surface area contributed by atoms with E-state index in [1.807, 2.05) is 0 Å². The summed E-state index contributed by atoms with van der Waals surface area (Å²) in [7, 11) is 0. The molecule has 1 aliphatic rings. The van der Waals surface area contributed by atoms with E-state index in [4.69, 9.17) is 11.0 Å². The fourth-order valence-electron chi connectivity index (χ4n) is 1.83. The molecule has 2 heteroatoms. The van der Waals surface area contributed by atoms with E-state index in [0.717, 1.165) is 0 Å². The molecule has 1 aliphatic carbocycles. The molecule has 1 rings (SSSR count). The van der Waals surface area contributed by atoms with Crippen LogP contribution in [0.1, 0.15) is 38.5 Å². The van der Waals surface area contributed by atoms with Crippen LogP contribution >= 0.6 is 0 Å². The molecule has 0 amide bonds. The molecule has 0 aliphatic heterocycles. The summed E-state index contributed by atoms with van der Waals surface area (Å²) in [5.41, 5.74) is 5.84. The lowest BCUT2D eigenvalue weighted by Crippen LogP contribution is -2.30. The third kappa shape index (κ3) is 2.51. The van der Waals surface area contributed by atoms with Crippen LogP contribution < -0.4 is 5.73 Å². The maximum atomic E-state index is 8.44. The summed E-state index contributed by atoms with van der Waals surface area (Å²) in [5.74, 6) is 0.628. The van der Waals surface area contributed by atoms with Crippen LogP contribution in [0.5, 0.6) is 0 Å². The second-order valence-electron chi connectivity index (χ2n) is 3.42. The van der Waals surface area contributed by atoms with Crippen molar-refractivity contribution < 1.29 is 0 Å². The van der Waals surface area contributed by atoms with Crippen molar-refractivity contribution in [1.82, 2.24) is 0 Å². The molecule has 0 spiro atoms. The second kappa shape index (κ2) is 4.35. The van der Waals surface area contributed by atoms with E-state index in [9.17, 15) is 0 Å². The van der Waals surface area contributed by atoms with Gasteiger partial charge in [0.1, 0.15) is 0 Å². The minimum absolute atomic E-state index is 0.139. The van der Waals surface area contributed by atoms with Crippen LogP contribution in [0.3, 0.4) is 0 Å². The summed E-state index contributed by atoms with van der Waals surface area (Å²) in [6, 6.07) is 2.28. The zero-order valence-corrected chi connectivity index (χ0v) is 6.92. The van der Waals surface area contributed by atoms with E-state index in [2.05, 4.69) is 6.07 Å². The molecule has 0 aromatic heterocycles. The average Bonchev–Trinajstić information content (AvgIpc) is 2.07. The number of nitriles is 1. The fourth-order valence-corrected chi connectivity index (χ4v) is 1.83. The molecule has 2 N–H and O–H groups in total. The van der Waals surface area contributed by atoms with Crippen LogP contribution in [0.15, 0.2) is 0 Å². The largest absolute Gasteiger partial charge is 0.327 e. The van der Waals surface area contributed by atoms with E-state index < -0.39 is 0 Å². The Morgan fingerprint density at radius 3 is 2.55 bits per heavy atom. The summed E-state index contributed by atoms with van der Waals surface area (Å²) in [4.78, 5) is 0. The quantitative estimate of drug-likeness (QED) is 0.656. The van der Waals surface area contributed by atoms with Crippen molar-refractivity contribution in [3.8, 4) is 6.07 Å². The summed E-state index contributed by atoms with van der Waals surface area (Å²) < 4.78 is 0. The molecular weight excluding hydrogens is 136 g/mol. The van der Waals surface area contributed by atoms with Gasteiger partial charge in [0.2, 0.25) is 0 Å². The van der Waals surface area contributed by atoms with Crippen molar-refractivity contribution in [2.45, 2.75) is 44.6 Å². The minimum atomic E-state index is 0.139. The Balaban J connectivity index is 2.27. The van der Waals surface area contributed by atoms with E-state index in [1.165, 1.54) is 32.1 Å². The zero-order valence-electron chi connectivity index (χ0n) is 6.92. The molecule has 1 fully saturated rings. The third-order valence-electron chi connectivity index (χ3n) is 2.58. The first-order chi connectivity index (χ1) is 5.34. The number of hydrogen-bond donors (Lipinski definition) is 1. The van der Waals surface area contributed by atoms with Gasteiger partial charge in [-0.05, 0) is 18.8 Å². The van der Waals surface area contributed by atoms with Gasteiger partial charge in [-0.2, -0.15) is 5.26 Å². The van der Waals surface area contributed by atoms with Gasteiger partial charge in [-0.1, -0.05) is 19.3 Å². The molecule has 1 saturated carbocycles. The molecule has 2 nitrogen and oxygen atoms in total. The molecule has 62 valence electrons. The minimum Gasteiger partial charge on any atom is -0.327 e. The smallest absolute Gasteiger partial charge is 0.0638 e. The summed E-state index contributed by atoms with van der Waals surface area (Å²) in [6.07, 6.45) is 6.99.